The zero-order chi connectivity index (χ0) is 22.0. The highest BCUT2D eigenvalue weighted by Gasteiger charge is 2.30. The lowest BCUT2D eigenvalue weighted by Gasteiger charge is -2.34. The Bertz CT molecular complexity index is 1090. The molecule has 0 spiro atoms. The van der Waals surface area contributed by atoms with Crippen molar-refractivity contribution in [3.05, 3.63) is 65.2 Å². The fraction of sp³-hybridized carbons (Fsp3) is 0.391. The van der Waals surface area contributed by atoms with Gasteiger partial charge < -0.3 is 9.80 Å². The van der Waals surface area contributed by atoms with E-state index in [1.165, 1.54) is 15.9 Å². The summed E-state index contributed by atoms with van der Waals surface area (Å²) in [6.45, 7) is 4.49. The van der Waals surface area contributed by atoms with Gasteiger partial charge in [0.05, 0.1) is 4.90 Å². The SMILES string of the molecule is CCC(=O)N1CCN(C(=O)c2cccc(S(=O)(=O)N3CCc4ccccc4C3)c2)CC1. The molecule has 4 rings (SSSR count). The first-order chi connectivity index (χ1) is 14.9. The van der Waals surface area contributed by atoms with Gasteiger partial charge in [0, 0.05) is 51.3 Å². The second kappa shape index (κ2) is 8.80. The minimum atomic E-state index is -3.71. The largest absolute Gasteiger partial charge is 0.339 e. The van der Waals surface area contributed by atoms with Crippen LogP contribution in [0.4, 0.5) is 0 Å². The van der Waals surface area contributed by atoms with Crippen molar-refractivity contribution in [3.8, 4) is 0 Å². The zero-order valence-corrected chi connectivity index (χ0v) is 18.5. The number of amides is 2. The number of rotatable bonds is 4. The van der Waals surface area contributed by atoms with E-state index < -0.39 is 10.0 Å². The summed E-state index contributed by atoms with van der Waals surface area (Å²) in [4.78, 5) is 28.4. The molecule has 0 aliphatic carbocycles. The molecule has 1 saturated heterocycles. The van der Waals surface area contributed by atoms with Gasteiger partial charge in [-0.1, -0.05) is 37.3 Å². The summed E-state index contributed by atoms with van der Waals surface area (Å²) >= 11 is 0. The van der Waals surface area contributed by atoms with E-state index in [9.17, 15) is 18.0 Å². The van der Waals surface area contributed by atoms with Gasteiger partial charge in [0.2, 0.25) is 15.9 Å². The second-order valence-electron chi connectivity index (χ2n) is 7.91. The van der Waals surface area contributed by atoms with Gasteiger partial charge in [-0.3, -0.25) is 9.59 Å². The zero-order valence-electron chi connectivity index (χ0n) is 17.7. The third-order valence-electron chi connectivity index (χ3n) is 6.04. The maximum Gasteiger partial charge on any atom is 0.254 e. The molecule has 164 valence electrons. The first kappa shape index (κ1) is 21.5. The average molecular weight is 442 g/mol. The smallest absolute Gasteiger partial charge is 0.254 e. The van der Waals surface area contributed by atoms with Gasteiger partial charge in [-0.2, -0.15) is 4.31 Å². The van der Waals surface area contributed by atoms with Crippen molar-refractivity contribution in [2.75, 3.05) is 32.7 Å². The van der Waals surface area contributed by atoms with Gasteiger partial charge >= 0.3 is 0 Å². The van der Waals surface area contributed by atoms with Crippen molar-refractivity contribution in [2.24, 2.45) is 0 Å². The molecular formula is C23H27N3O4S. The highest BCUT2D eigenvalue weighted by molar-refractivity contribution is 7.89. The Morgan fingerprint density at radius 3 is 2.26 bits per heavy atom. The average Bonchev–Trinajstić information content (AvgIpc) is 2.83. The molecule has 2 aromatic carbocycles. The number of benzene rings is 2. The third-order valence-corrected chi connectivity index (χ3v) is 7.88. The number of carbonyl (C=O) groups is 2. The number of piperazine rings is 1. The fourth-order valence-electron chi connectivity index (χ4n) is 4.18. The Kier molecular flexibility index (Phi) is 6.11. The normalized spacial score (nSPS) is 17.3. The van der Waals surface area contributed by atoms with Crippen molar-refractivity contribution in [2.45, 2.75) is 31.2 Å². The Hall–Kier alpha value is -2.71. The molecule has 2 aliphatic rings. The standard InChI is InChI=1S/C23H27N3O4S/c1-2-22(27)24-12-14-25(15-13-24)23(28)19-8-5-9-21(16-19)31(29,30)26-11-10-18-6-3-4-7-20(18)17-26/h3-9,16H,2,10-15,17H2,1H3. The van der Waals surface area contributed by atoms with Crippen LogP contribution < -0.4 is 0 Å². The van der Waals surface area contributed by atoms with Crippen molar-refractivity contribution in [1.82, 2.24) is 14.1 Å². The Morgan fingerprint density at radius 2 is 1.55 bits per heavy atom. The molecule has 2 aliphatic heterocycles. The number of carbonyl (C=O) groups excluding carboxylic acids is 2. The van der Waals surface area contributed by atoms with E-state index in [1.807, 2.05) is 31.2 Å². The predicted octanol–water partition coefficient (Wildman–Crippen LogP) is 2.13. The lowest BCUT2D eigenvalue weighted by molar-refractivity contribution is -0.132. The molecular weight excluding hydrogens is 414 g/mol. The number of nitrogens with zero attached hydrogens (tertiary/aromatic N) is 3. The van der Waals surface area contributed by atoms with Crippen molar-refractivity contribution < 1.29 is 18.0 Å². The van der Waals surface area contributed by atoms with Gasteiger partial charge in [-0.15, -0.1) is 0 Å². The topological polar surface area (TPSA) is 78.0 Å². The number of hydrogen-bond acceptors (Lipinski definition) is 4. The quantitative estimate of drug-likeness (QED) is 0.728. The van der Waals surface area contributed by atoms with Crippen LogP contribution in [0.1, 0.15) is 34.8 Å². The van der Waals surface area contributed by atoms with Crippen molar-refractivity contribution in [1.29, 1.82) is 0 Å². The molecule has 1 fully saturated rings. The molecule has 2 aromatic rings. The molecule has 0 saturated carbocycles. The van der Waals surface area contributed by atoms with Crippen LogP contribution in [0.2, 0.25) is 0 Å². The lowest BCUT2D eigenvalue weighted by Crippen LogP contribution is -2.50. The Labute approximate surface area is 183 Å². The summed E-state index contributed by atoms with van der Waals surface area (Å²) in [5.74, 6) is -0.118. The van der Waals surface area contributed by atoms with Crippen LogP contribution in [-0.4, -0.2) is 67.1 Å². The Balaban J connectivity index is 1.49. The molecule has 31 heavy (non-hydrogen) atoms. The van der Waals surface area contributed by atoms with Gasteiger partial charge in [0.15, 0.2) is 0 Å². The molecule has 0 bridgehead atoms. The molecule has 0 atom stereocenters. The van der Waals surface area contributed by atoms with Crippen molar-refractivity contribution >= 4 is 21.8 Å². The monoisotopic (exact) mass is 441 g/mol. The van der Waals surface area contributed by atoms with Gasteiger partial charge in [-0.05, 0) is 35.7 Å². The second-order valence-corrected chi connectivity index (χ2v) is 9.85. The van der Waals surface area contributed by atoms with Gasteiger partial charge in [0.1, 0.15) is 0 Å². The minimum absolute atomic E-state index is 0.0864. The summed E-state index contributed by atoms with van der Waals surface area (Å²) < 4.78 is 28.0. The fourth-order valence-corrected chi connectivity index (χ4v) is 5.64. The van der Waals surface area contributed by atoms with E-state index in [4.69, 9.17) is 0 Å². The van der Waals surface area contributed by atoms with Crippen LogP contribution in [0, 0.1) is 0 Å². The molecule has 2 amide bonds. The molecule has 0 unspecified atom stereocenters. The van der Waals surface area contributed by atoms with Crippen LogP contribution in [0.3, 0.4) is 0 Å². The number of fused-ring (bicyclic) bond motifs is 1. The summed E-state index contributed by atoms with van der Waals surface area (Å²) in [6.07, 6.45) is 1.13. The van der Waals surface area contributed by atoms with E-state index >= 15 is 0 Å². The molecule has 0 radical (unpaired) electrons. The first-order valence-electron chi connectivity index (χ1n) is 10.6. The highest BCUT2D eigenvalue weighted by atomic mass is 32.2. The lowest BCUT2D eigenvalue weighted by atomic mass is 10.0. The highest BCUT2D eigenvalue weighted by Crippen LogP contribution is 2.25. The summed E-state index contributed by atoms with van der Waals surface area (Å²) in [5.41, 5.74) is 2.55. The van der Waals surface area contributed by atoms with Gasteiger partial charge in [0.25, 0.3) is 5.91 Å². The van der Waals surface area contributed by atoms with E-state index in [2.05, 4.69) is 0 Å². The number of sulfonamides is 1. The summed E-state index contributed by atoms with van der Waals surface area (Å²) in [6, 6.07) is 14.2. The van der Waals surface area contributed by atoms with E-state index in [1.54, 1.807) is 28.0 Å². The van der Waals surface area contributed by atoms with E-state index in [0.717, 1.165) is 5.56 Å². The molecule has 0 aromatic heterocycles. The van der Waals surface area contributed by atoms with Crippen LogP contribution >= 0.6 is 0 Å². The molecule has 7 nitrogen and oxygen atoms in total. The maximum absolute atomic E-state index is 13.3. The van der Waals surface area contributed by atoms with Crippen LogP contribution in [0.25, 0.3) is 0 Å². The van der Waals surface area contributed by atoms with Gasteiger partial charge in [-0.25, -0.2) is 8.42 Å². The summed E-state index contributed by atoms with van der Waals surface area (Å²) in [5, 5.41) is 0. The first-order valence-corrected chi connectivity index (χ1v) is 12.1. The van der Waals surface area contributed by atoms with Crippen LogP contribution in [0.5, 0.6) is 0 Å². The number of hydrogen-bond donors (Lipinski definition) is 0. The summed E-state index contributed by atoms with van der Waals surface area (Å²) in [7, 11) is -3.71. The Morgan fingerprint density at radius 1 is 0.871 bits per heavy atom. The minimum Gasteiger partial charge on any atom is -0.339 e. The van der Waals surface area contributed by atoms with E-state index in [-0.39, 0.29) is 16.7 Å². The van der Waals surface area contributed by atoms with Crippen LogP contribution in [-0.2, 0) is 27.8 Å². The third kappa shape index (κ3) is 4.36. The van der Waals surface area contributed by atoms with E-state index in [0.29, 0.717) is 57.7 Å². The molecule has 8 heteroatoms. The maximum atomic E-state index is 13.3. The predicted molar refractivity (Wildman–Crippen MR) is 117 cm³/mol. The molecule has 2 heterocycles. The molecule has 0 N–H and O–H groups in total. The van der Waals surface area contributed by atoms with Crippen molar-refractivity contribution in [3.63, 3.8) is 0 Å². The van der Waals surface area contributed by atoms with Crippen LogP contribution in [0.15, 0.2) is 53.4 Å².